The first-order valence-electron chi connectivity index (χ1n) is 8.88. The van der Waals surface area contributed by atoms with Gasteiger partial charge < -0.3 is 19.7 Å². The van der Waals surface area contributed by atoms with E-state index in [1.165, 1.54) is 19.2 Å². The summed E-state index contributed by atoms with van der Waals surface area (Å²) in [6, 6.07) is 6.37. The molecule has 1 aliphatic heterocycles. The first kappa shape index (κ1) is 20.6. The van der Waals surface area contributed by atoms with Crippen LogP contribution in [-0.4, -0.2) is 62.2 Å². The fourth-order valence-electron chi connectivity index (χ4n) is 2.92. The van der Waals surface area contributed by atoms with E-state index in [9.17, 15) is 14.9 Å². The summed E-state index contributed by atoms with van der Waals surface area (Å²) in [4.78, 5) is 28.8. The van der Waals surface area contributed by atoms with Crippen molar-refractivity contribution in [3.05, 3.63) is 39.9 Å². The normalized spacial score (nSPS) is 15.5. The molecule has 9 nitrogen and oxygen atoms in total. The van der Waals surface area contributed by atoms with Crippen LogP contribution in [-0.2, 0) is 20.8 Å². The molecule has 0 radical (unpaired) electrons. The number of esters is 1. The smallest absolute Gasteiger partial charge is 0.308 e. The molecule has 1 N–H and O–H groups in total. The highest BCUT2D eigenvalue weighted by molar-refractivity contribution is 5.80. The molecular formula is C18H26N4O5. The Morgan fingerprint density at radius 3 is 2.52 bits per heavy atom. The van der Waals surface area contributed by atoms with Gasteiger partial charge in [-0.15, -0.1) is 0 Å². The maximum atomic E-state index is 11.7. The van der Waals surface area contributed by atoms with E-state index in [-0.39, 0.29) is 17.6 Å². The van der Waals surface area contributed by atoms with Gasteiger partial charge in [0.05, 0.1) is 31.1 Å². The lowest BCUT2D eigenvalue weighted by Crippen LogP contribution is -2.47. The Morgan fingerprint density at radius 1 is 1.30 bits per heavy atom. The monoisotopic (exact) mass is 378 g/mol. The number of nitrogens with one attached hydrogen (secondary N) is 1. The molecule has 9 heteroatoms. The number of benzene rings is 1. The number of rotatable bonds is 7. The molecule has 27 heavy (non-hydrogen) atoms. The lowest BCUT2D eigenvalue weighted by molar-refractivity contribution is -0.384. The molecule has 1 heterocycles. The molecule has 1 fully saturated rings. The number of non-ortho nitro benzene ring substituents is 1. The van der Waals surface area contributed by atoms with Crippen LogP contribution in [0.1, 0.15) is 18.4 Å². The van der Waals surface area contributed by atoms with E-state index < -0.39 is 4.92 Å². The number of hydrogen-bond acceptors (Lipinski definition) is 6. The third-order valence-electron chi connectivity index (χ3n) is 4.48. The Balaban J connectivity index is 2.01. The van der Waals surface area contributed by atoms with E-state index in [1.807, 2.05) is 0 Å². The number of carbonyl (C=O) groups excluding carboxylic acids is 1. The largest absolute Gasteiger partial charge is 0.469 e. The van der Waals surface area contributed by atoms with Crippen LogP contribution in [0.15, 0.2) is 29.3 Å². The number of methoxy groups -OCH3 is 2. The molecule has 0 amide bonds. The zero-order chi connectivity index (χ0) is 19.6. The van der Waals surface area contributed by atoms with Gasteiger partial charge in [-0.1, -0.05) is 12.1 Å². The fourth-order valence-corrected chi connectivity index (χ4v) is 2.92. The molecule has 0 aliphatic carbocycles. The highest BCUT2D eigenvalue weighted by Crippen LogP contribution is 2.19. The lowest BCUT2D eigenvalue weighted by atomic mass is 9.97. The molecule has 0 bridgehead atoms. The standard InChI is InChI=1S/C18H26N4O5/c1-26-12-9-19-18(21-10-7-15(8-11-21)17(23)27-2)20-13-14-3-5-16(6-4-14)22(24)25/h3-6,15H,7-13H2,1-2H3,(H,19,20). The van der Waals surface area contributed by atoms with Crippen molar-refractivity contribution in [2.45, 2.75) is 19.4 Å². The number of aliphatic imine (C=N–C) groups is 1. The summed E-state index contributed by atoms with van der Waals surface area (Å²) in [5.41, 5.74) is 0.946. The molecule has 2 rings (SSSR count). The quantitative estimate of drug-likeness (QED) is 0.192. The summed E-state index contributed by atoms with van der Waals surface area (Å²) >= 11 is 0. The second kappa shape index (κ2) is 10.5. The van der Waals surface area contributed by atoms with Crippen molar-refractivity contribution in [2.24, 2.45) is 10.9 Å². The Labute approximate surface area is 158 Å². The number of nitro benzene ring substituents is 1. The van der Waals surface area contributed by atoms with Gasteiger partial charge in [-0.25, -0.2) is 4.99 Å². The average molecular weight is 378 g/mol. The van der Waals surface area contributed by atoms with Crippen LogP contribution in [0.3, 0.4) is 0 Å². The Morgan fingerprint density at radius 2 is 1.96 bits per heavy atom. The third-order valence-corrected chi connectivity index (χ3v) is 4.48. The summed E-state index contributed by atoms with van der Waals surface area (Å²) in [6.45, 7) is 2.99. The van der Waals surface area contributed by atoms with Crippen molar-refractivity contribution in [3.8, 4) is 0 Å². The van der Waals surface area contributed by atoms with Crippen molar-refractivity contribution in [1.29, 1.82) is 0 Å². The summed E-state index contributed by atoms with van der Waals surface area (Å²) in [5, 5.41) is 14.0. The van der Waals surface area contributed by atoms with Crippen LogP contribution in [0.5, 0.6) is 0 Å². The lowest BCUT2D eigenvalue weighted by Gasteiger charge is -2.33. The van der Waals surface area contributed by atoms with Gasteiger partial charge in [0.2, 0.25) is 0 Å². The average Bonchev–Trinajstić information content (AvgIpc) is 2.70. The van der Waals surface area contributed by atoms with Crippen LogP contribution in [0, 0.1) is 16.0 Å². The van der Waals surface area contributed by atoms with E-state index in [2.05, 4.69) is 15.2 Å². The first-order chi connectivity index (χ1) is 13.0. The summed E-state index contributed by atoms with van der Waals surface area (Å²) in [6.07, 6.45) is 1.43. The molecule has 0 saturated carbocycles. The van der Waals surface area contributed by atoms with Gasteiger partial charge in [0.15, 0.2) is 5.96 Å². The fraction of sp³-hybridized carbons (Fsp3) is 0.556. The van der Waals surface area contributed by atoms with Gasteiger partial charge in [-0.3, -0.25) is 14.9 Å². The minimum absolute atomic E-state index is 0.0612. The molecule has 1 aromatic carbocycles. The van der Waals surface area contributed by atoms with E-state index in [0.29, 0.717) is 32.8 Å². The molecule has 0 unspecified atom stereocenters. The van der Waals surface area contributed by atoms with E-state index >= 15 is 0 Å². The van der Waals surface area contributed by atoms with Crippen LogP contribution < -0.4 is 5.32 Å². The van der Waals surface area contributed by atoms with Crippen LogP contribution in [0.2, 0.25) is 0 Å². The van der Waals surface area contributed by atoms with E-state index in [0.717, 1.165) is 24.4 Å². The molecular weight excluding hydrogens is 352 g/mol. The molecule has 1 saturated heterocycles. The number of hydrogen-bond donors (Lipinski definition) is 1. The van der Waals surface area contributed by atoms with Gasteiger partial charge in [0.1, 0.15) is 0 Å². The second-order valence-corrected chi connectivity index (χ2v) is 6.27. The Kier molecular flexibility index (Phi) is 8.00. The van der Waals surface area contributed by atoms with Crippen LogP contribution in [0.4, 0.5) is 5.69 Å². The number of guanidine groups is 1. The maximum absolute atomic E-state index is 11.7. The van der Waals surface area contributed by atoms with Crippen molar-refractivity contribution in [2.75, 3.05) is 40.5 Å². The number of piperidine rings is 1. The number of likely N-dealkylation sites (tertiary alicyclic amines) is 1. The molecule has 148 valence electrons. The van der Waals surface area contributed by atoms with Gasteiger partial charge >= 0.3 is 5.97 Å². The van der Waals surface area contributed by atoms with Crippen molar-refractivity contribution in [3.63, 3.8) is 0 Å². The van der Waals surface area contributed by atoms with Gasteiger partial charge in [0.25, 0.3) is 5.69 Å². The maximum Gasteiger partial charge on any atom is 0.308 e. The van der Waals surface area contributed by atoms with Gasteiger partial charge in [-0.2, -0.15) is 0 Å². The van der Waals surface area contributed by atoms with Crippen molar-refractivity contribution in [1.82, 2.24) is 10.2 Å². The van der Waals surface area contributed by atoms with Gasteiger partial charge in [-0.05, 0) is 18.4 Å². The second-order valence-electron chi connectivity index (χ2n) is 6.27. The van der Waals surface area contributed by atoms with E-state index in [1.54, 1.807) is 19.2 Å². The minimum atomic E-state index is -0.420. The van der Waals surface area contributed by atoms with Crippen molar-refractivity contribution >= 4 is 17.6 Å². The van der Waals surface area contributed by atoms with Crippen molar-refractivity contribution < 1.29 is 19.2 Å². The topological polar surface area (TPSA) is 106 Å². The summed E-state index contributed by atoms with van der Waals surface area (Å²) in [5.74, 6) is 0.515. The molecule has 0 aromatic heterocycles. The predicted molar refractivity (Wildman–Crippen MR) is 100 cm³/mol. The minimum Gasteiger partial charge on any atom is -0.469 e. The first-order valence-corrected chi connectivity index (χ1v) is 8.88. The molecule has 0 spiro atoms. The SMILES string of the molecule is COCCNC(=NCc1ccc([N+](=O)[O-])cc1)N1CCC(C(=O)OC)CC1. The van der Waals surface area contributed by atoms with Crippen LogP contribution >= 0.6 is 0 Å². The zero-order valence-corrected chi connectivity index (χ0v) is 15.7. The van der Waals surface area contributed by atoms with Crippen LogP contribution in [0.25, 0.3) is 0 Å². The molecule has 1 aromatic rings. The number of nitrogens with zero attached hydrogens (tertiary/aromatic N) is 3. The summed E-state index contributed by atoms with van der Waals surface area (Å²) in [7, 11) is 3.05. The number of nitro groups is 1. The zero-order valence-electron chi connectivity index (χ0n) is 15.7. The molecule has 1 aliphatic rings. The third kappa shape index (κ3) is 6.21. The highest BCUT2D eigenvalue weighted by Gasteiger charge is 2.27. The molecule has 0 atom stereocenters. The predicted octanol–water partition coefficient (Wildman–Crippen LogP) is 1.57. The number of ether oxygens (including phenoxy) is 2. The number of carbonyl (C=O) groups is 1. The Hall–Kier alpha value is -2.68. The summed E-state index contributed by atoms with van der Waals surface area (Å²) < 4.78 is 9.91. The highest BCUT2D eigenvalue weighted by atomic mass is 16.6. The Bertz CT molecular complexity index is 654. The van der Waals surface area contributed by atoms with E-state index in [4.69, 9.17) is 9.47 Å². The van der Waals surface area contributed by atoms with Gasteiger partial charge in [0, 0.05) is 38.9 Å².